The molecule has 0 spiro atoms. The Morgan fingerprint density at radius 2 is 1.30 bits per heavy atom. The molecule has 0 radical (unpaired) electrons. The standard InChI is InChI=1S/C64H84N10O12/c1-8-23-50(75)67-47(33-35-51(76)72-64(43-26-16-11-17-27-43,44-28-18-12-19-29-44)45-30-20-13-21-31-45)57(79)71-54-41(6)86-62(84)53(39(3)4)70-58(80)49(38-42-24-14-10-15-25-42)73(7)61(83)55(40(5)9-2)74-52(77)36-34-48(60(74)82)69-56(78)46(68-59(54)81)32-22-37-66-63(65)85/h10-21,24-31,39-41,46-49,52-55,77H,8-9,22-23,32-38H2,1-7H3,(H,67,75)(H,68,81)(H,69,78)(H,70,80)(H,71,79)(H,72,76)(H3,65,66,85)/t40-,41+,46-,47-,48-,49-,52+,53-,54-,55-/m0/s1. The molecule has 10 N–H and O–H groups in total. The number of rotatable bonds is 21. The summed E-state index contributed by atoms with van der Waals surface area (Å²) in [5, 5.41) is 30.8. The molecular weight excluding hydrogens is 1100 g/mol. The Kier molecular flexibility index (Phi) is 24.3. The van der Waals surface area contributed by atoms with Crippen molar-refractivity contribution in [1.82, 2.24) is 47.0 Å². The quantitative estimate of drug-likeness (QED) is 0.0329. The van der Waals surface area contributed by atoms with Gasteiger partial charge in [-0.25, -0.2) is 9.59 Å². The van der Waals surface area contributed by atoms with E-state index in [1.165, 1.54) is 18.9 Å². The number of urea groups is 1. The third-order valence-electron chi connectivity index (χ3n) is 15.9. The van der Waals surface area contributed by atoms with Crippen LogP contribution < -0.4 is 43.0 Å². The monoisotopic (exact) mass is 1180 g/mol. The molecule has 0 unspecified atom stereocenters. The van der Waals surface area contributed by atoms with Crippen molar-refractivity contribution in [3.63, 3.8) is 0 Å². The maximum atomic E-state index is 15.0. The second-order valence-electron chi connectivity index (χ2n) is 22.5. The summed E-state index contributed by atoms with van der Waals surface area (Å²) in [4.78, 5) is 146. The summed E-state index contributed by atoms with van der Waals surface area (Å²) in [5.74, 6) is -8.59. The third kappa shape index (κ3) is 17.0. The van der Waals surface area contributed by atoms with Crippen LogP contribution in [0.1, 0.15) is 122 Å². The molecule has 22 nitrogen and oxygen atoms in total. The van der Waals surface area contributed by atoms with Gasteiger partial charge in [0.1, 0.15) is 60.2 Å². The molecule has 2 heterocycles. The average molecular weight is 1190 g/mol. The highest BCUT2D eigenvalue weighted by atomic mass is 16.5. The van der Waals surface area contributed by atoms with E-state index in [1.807, 2.05) is 91.0 Å². The van der Waals surface area contributed by atoms with Crippen LogP contribution in [0.25, 0.3) is 0 Å². The van der Waals surface area contributed by atoms with Crippen LogP contribution in [0.15, 0.2) is 121 Å². The number of nitrogens with one attached hydrogen (secondary N) is 7. The fraction of sp³-hybridized carbons (Fsp3) is 0.469. The first-order chi connectivity index (χ1) is 41.1. The number of hydrogen-bond donors (Lipinski definition) is 9. The predicted molar refractivity (Wildman–Crippen MR) is 320 cm³/mol. The molecule has 4 aromatic rings. The molecule has 4 aromatic carbocycles. The molecule has 2 fully saturated rings. The molecule has 0 aromatic heterocycles. The maximum Gasteiger partial charge on any atom is 0.329 e. The Morgan fingerprint density at radius 1 is 0.733 bits per heavy atom. The first-order valence-corrected chi connectivity index (χ1v) is 29.6. The van der Waals surface area contributed by atoms with Crippen LogP contribution in [0.5, 0.6) is 0 Å². The molecule has 86 heavy (non-hydrogen) atoms. The fourth-order valence-electron chi connectivity index (χ4n) is 11.0. The van der Waals surface area contributed by atoms with Gasteiger partial charge in [-0.1, -0.05) is 162 Å². The van der Waals surface area contributed by atoms with Crippen LogP contribution in [0.3, 0.4) is 0 Å². The lowest BCUT2D eigenvalue weighted by Crippen LogP contribution is -2.66. The van der Waals surface area contributed by atoms with Gasteiger partial charge in [-0.3, -0.25) is 38.4 Å². The normalized spacial score (nSPS) is 22.5. The third-order valence-corrected chi connectivity index (χ3v) is 15.9. The molecular formula is C64H84N10O12. The summed E-state index contributed by atoms with van der Waals surface area (Å²) in [6.07, 6.45) is -3.36. The van der Waals surface area contributed by atoms with Crippen LogP contribution in [0.4, 0.5) is 4.79 Å². The first-order valence-electron chi connectivity index (χ1n) is 29.6. The van der Waals surface area contributed by atoms with Crippen molar-refractivity contribution < 1.29 is 57.8 Å². The Morgan fingerprint density at radius 3 is 1.84 bits per heavy atom. The highest BCUT2D eigenvalue weighted by Gasteiger charge is 2.47. The zero-order valence-corrected chi connectivity index (χ0v) is 50.1. The van der Waals surface area contributed by atoms with Gasteiger partial charge in [0.15, 0.2) is 0 Å². The number of nitrogens with zero attached hydrogens (tertiary/aromatic N) is 2. The summed E-state index contributed by atoms with van der Waals surface area (Å²) in [5.41, 5.74) is 6.96. The van der Waals surface area contributed by atoms with E-state index in [9.17, 15) is 43.5 Å². The van der Waals surface area contributed by atoms with Crippen LogP contribution >= 0.6 is 0 Å². The number of esters is 1. The maximum absolute atomic E-state index is 15.0. The summed E-state index contributed by atoms with van der Waals surface area (Å²) >= 11 is 0. The highest BCUT2D eigenvalue weighted by Crippen LogP contribution is 2.37. The summed E-state index contributed by atoms with van der Waals surface area (Å²) in [6.45, 7) is 9.82. The van der Waals surface area contributed by atoms with Crippen LogP contribution in [0, 0.1) is 11.8 Å². The zero-order chi connectivity index (χ0) is 62.7. The molecule has 0 saturated carbocycles. The number of ether oxygens (including phenoxy) is 1. The average Bonchev–Trinajstić information content (AvgIpc) is 1.43. The SMILES string of the molecule is CCCC(=O)N[C@@H](CCC(=O)NC(c1ccccc1)(c1ccccc1)c1ccccc1)C(=O)N[C@@H]1C(=O)N[C@@H](CCCNC(N)=O)C(=O)N[C@H]2CC[C@@H](O)N(C2=O)[C@@H]([C@@H](C)CC)C(=O)N(C)[C@@H](Cc2ccccc2)C(=O)N[C@@H](C(C)C)C(=O)O[C@@H]1C. The molecule has 462 valence electrons. The number of aliphatic hydroxyl groups is 1. The number of carbonyl (C=O) groups is 10. The number of piperidine rings is 1. The molecule has 2 aliphatic heterocycles. The molecule has 0 aliphatic carbocycles. The van der Waals surface area contributed by atoms with Crippen molar-refractivity contribution in [2.24, 2.45) is 17.6 Å². The Hall–Kier alpha value is -8.66. The number of cyclic esters (lactones) is 1. The van der Waals surface area contributed by atoms with Crippen LogP contribution in [-0.4, -0.2) is 142 Å². The molecule has 22 heteroatoms. The Bertz CT molecular complexity index is 2880. The number of fused-ring (bicyclic) bond motifs is 2. The zero-order valence-electron chi connectivity index (χ0n) is 50.1. The molecule has 2 saturated heterocycles. The van der Waals surface area contributed by atoms with Crippen molar-refractivity contribution in [2.45, 2.75) is 166 Å². The van der Waals surface area contributed by atoms with Gasteiger partial charge in [-0.05, 0) is 79.5 Å². The molecule has 10 amide bonds. The van der Waals surface area contributed by atoms with E-state index in [0.29, 0.717) is 18.4 Å². The minimum atomic E-state index is -1.86. The van der Waals surface area contributed by atoms with Crippen molar-refractivity contribution in [2.75, 3.05) is 13.6 Å². The van der Waals surface area contributed by atoms with Gasteiger partial charge >= 0.3 is 12.0 Å². The topological polar surface area (TPSA) is 317 Å². The number of aliphatic hydroxyl groups excluding tert-OH is 1. The molecule has 2 aliphatic rings. The van der Waals surface area contributed by atoms with Gasteiger partial charge in [0.05, 0.1) is 0 Å². The lowest BCUT2D eigenvalue weighted by Gasteiger charge is -2.44. The second-order valence-corrected chi connectivity index (χ2v) is 22.5. The number of amides is 10. The van der Waals surface area contributed by atoms with Crippen molar-refractivity contribution in [1.29, 1.82) is 0 Å². The number of nitrogens with two attached hydrogens (primary N) is 1. The van der Waals surface area contributed by atoms with E-state index >= 15 is 9.59 Å². The Balaban J connectivity index is 1.40. The van der Waals surface area contributed by atoms with E-state index in [4.69, 9.17) is 10.5 Å². The van der Waals surface area contributed by atoms with Gasteiger partial charge < -0.3 is 62.6 Å². The molecule has 6 rings (SSSR count). The Labute approximate surface area is 502 Å². The van der Waals surface area contributed by atoms with Gasteiger partial charge in [-0.2, -0.15) is 0 Å². The minimum absolute atomic E-state index is 0.00852. The number of hydrogen-bond acceptors (Lipinski definition) is 12. The van der Waals surface area contributed by atoms with E-state index in [1.54, 1.807) is 65.0 Å². The predicted octanol–water partition coefficient (Wildman–Crippen LogP) is 3.57. The summed E-state index contributed by atoms with van der Waals surface area (Å²) < 4.78 is 6.03. The minimum Gasteiger partial charge on any atom is -0.458 e. The first kappa shape index (κ1) is 66.5. The van der Waals surface area contributed by atoms with E-state index in [0.717, 1.165) is 21.6 Å². The highest BCUT2D eigenvalue weighted by molar-refractivity contribution is 5.98. The fourth-order valence-corrected chi connectivity index (χ4v) is 11.0. The summed E-state index contributed by atoms with van der Waals surface area (Å²) in [6, 6.07) is 25.8. The van der Waals surface area contributed by atoms with Crippen molar-refractivity contribution in [3.8, 4) is 0 Å². The number of carbonyl (C=O) groups excluding carboxylic acids is 10. The summed E-state index contributed by atoms with van der Waals surface area (Å²) in [7, 11) is 1.40. The smallest absolute Gasteiger partial charge is 0.329 e. The van der Waals surface area contributed by atoms with E-state index in [2.05, 4.69) is 37.2 Å². The van der Waals surface area contributed by atoms with Gasteiger partial charge in [-0.15, -0.1) is 0 Å². The largest absolute Gasteiger partial charge is 0.458 e. The molecule has 10 atom stereocenters. The van der Waals surface area contributed by atoms with Gasteiger partial charge in [0.25, 0.3) is 0 Å². The second kappa shape index (κ2) is 31.5. The van der Waals surface area contributed by atoms with Crippen molar-refractivity contribution in [3.05, 3.63) is 144 Å². The van der Waals surface area contributed by atoms with E-state index in [-0.39, 0.29) is 57.9 Å². The number of benzene rings is 4. The van der Waals surface area contributed by atoms with Gasteiger partial charge in [0.2, 0.25) is 47.3 Å². The van der Waals surface area contributed by atoms with Gasteiger partial charge in [0, 0.05) is 32.9 Å². The lowest BCUT2D eigenvalue weighted by atomic mass is 9.77. The van der Waals surface area contributed by atoms with Crippen LogP contribution in [-0.2, 0) is 59.8 Å². The lowest BCUT2D eigenvalue weighted by molar-refractivity contribution is -0.168. The number of likely N-dealkylation sites (N-methyl/N-ethyl adjacent to an activating group) is 1. The van der Waals surface area contributed by atoms with Crippen LogP contribution in [0.2, 0.25) is 0 Å². The molecule has 2 bridgehead atoms. The van der Waals surface area contributed by atoms with E-state index < -0.39 is 131 Å². The van der Waals surface area contributed by atoms with Crippen molar-refractivity contribution >= 4 is 59.3 Å². The number of primary amides is 1.